The average Bonchev–Trinajstić information content (AvgIpc) is 2.79. The second-order valence-electron chi connectivity index (χ2n) is 3.59. The Hall–Kier alpha value is -2.04. The minimum atomic E-state index is -0.566. The second kappa shape index (κ2) is 4.45. The maximum absolute atomic E-state index is 12.0. The molecule has 0 aliphatic heterocycles. The third-order valence-electron chi connectivity index (χ3n) is 2.58. The van der Waals surface area contributed by atoms with Gasteiger partial charge in [-0.15, -0.1) is 0 Å². The number of ether oxygens (including phenoxy) is 1. The van der Waals surface area contributed by atoms with Crippen molar-refractivity contribution in [2.45, 2.75) is 20.4 Å². The van der Waals surface area contributed by atoms with Crippen LogP contribution in [0.4, 0.5) is 0 Å². The van der Waals surface area contributed by atoms with E-state index in [1.54, 1.807) is 34.5 Å². The topological polar surface area (TPSA) is 52.7 Å². The first-order valence-electron chi connectivity index (χ1n) is 5.57. The summed E-state index contributed by atoms with van der Waals surface area (Å²) in [5.41, 5.74) is 0.274. The van der Waals surface area contributed by atoms with Crippen LogP contribution in [0.25, 0.3) is 5.52 Å². The Labute approximate surface area is 98.2 Å². The number of rotatable bonds is 3. The first kappa shape index (κ1) is 11.4. The van der Waals surface area contributed by atoms with Crippen molar-refractivity contribution in [2.75, 3.05) is 6.61 Å². The van der Waals surface area contributed by atoms with Crippen LogP contribution in [0.1, 0.15) is 24.2 Å². The number of carbonyl (C=O) groups excluding carboxylic acids is 1. The molecule has 0 amide bonds. The van der Waals surface area contributed by atoms with Gasteiger partial charge in [0.2, 0.25) is 5.43 Å². The summed E-state index contributed by atoms with van der Waals surface area (Å²) >= 11 is 0. The Morgan fingerprint density at radius 1 is 1.41 bits per heavy atom. The van der Waals surface area contributed by atoms with Crippen LogP contribution in [0, 0.1) is 0 Å². The number of hydrogen-bond acceptors (Lipinski definition) is 3. The Balaban J connectivity index is 2.68. The predicted molar refractivity (Wildman–Crippen MR) is 63.3 cm³/mol. The maximum Gasteiger partial charge on any atom is 0.343 e. The van der Waals surface area contributed by atoms with Crippen molar-refractivity contribution in [3.63, 3.8) is 0 Å². The Kier molecular flexibility index (Phi) is 2.99. The molecule has 2 aromatic rings. The number of aromatic nitrogens is 2. The van der Waals surface area contributed by atoms with E-state index in [1.165, 1.54) is 6.20 Å². The molecule has 5 nitrogen and oxygen atoms in total. The number of nitrogens with zero attached hydrogens (tertiary/aromatic N) is 2. The number of carbonyl (C=O) groups is 1. The molecule has 90 valence electrons. The van der Waals surface area contributed by atoms with Gasteiger partial charge in [0, 0.05) is 18.9 Å². The van der Waals surface area contributed by atoms with Crippen LogP contribution in [-0.2, 0) is 11.3 Å². The maximum atomic E-state index is 12.0. The van der Waals surface area contributed by atoms with Gasteiger partial charge in [-0.3, -0.25) is 14.0 Å². The Morgan fingerprint density at radius 2 is 2.18 bits per heavy atom. The van der Waals surface area contributed by atoms with E-state index >= 15 is 0 Å². The van der Waals surface area contributed by atoms with E-state index in [0.717, 1.165) is 0 Å². The van der Waals surface area contributed by atoms with Crippen LogP contribution in [0.15, 0.2) is 29.3 Å². The zero-order valence-corrected chi connectivity index (χ0v) is 9.84. The molecule has 0 N–H and O–H groups in total. The molecule has 0 atom stereocenters. The second-order valence-corrected chi connectivity index (χ2v) is 3.59. The summed E-state index contributed by atoms with van der Waals surface area (Å²) in [6.07, 6.45) is 3.32. The van der Waals surface area contributed by atoms with E-state index < -0.39 is 5.97 Å². The van der Waals surface area contributed by atoms with Crippen molar-refractivity contribution in [2.24, 2.45) is 0 Å². The number of aryl methyl sites for hydroxylation is 1. The summed E-state index contributed by atoms with van der Waals surface area (Å²) < 4.78 is 8.39. The lowest BCUT2D eigenvalue weighted by molar-refractivity contribution is 0.0523. The molecule has 0 aromatic carbocycles. The minimum absolute atomic E-state index is 0.0832. The number of esters is 1. The Morgan fingerprint density at radius 3 is 2.82 bits per heavy atom. The molecule has 0 fully saturated rings. The van der Waals surface area contributed by atoms with Crippen LogP contribution >= 0.6 is 0 Å². The largest absolute Gasteiger partial charge is 0.462 e. The van der Waals surface area contributed by atoms with Crippen molar-refractivity contribution in [1.82, 2.24) is 9.20 Å². The molecule has 5 heteroatoms. The standard InChI is InChI=1S/C12H14N2O3/c1-3-13-8-9(12(16)17-4-2)11(15)10-6-5-7-14(10)13/h5-8H,3-4H2,1-2H3. The van der Waals surface area contributed by atoms with Crippen LogP contribution in [0.5, 0.6) is 0 Å². The van der Waals surface area contributed by atoms with Crippen LogP contribution in [0.2, 0.25) is 0 Å². The molecule has 0 spiro atoms. The highest BCUT2D eigenvalue weighted by molar-refractivity contribution is 5.90. The fraction of sp³-hybridized carbons (Fsp3) is 0.333. The van der Waals surface area contributed by atoms with E-state index in [2.05, 4.69) is 0 Å². The molecule has 2 rings (SSSR count). The molecule has 0 unspecified atom stereocenters. The van der Waals surface area contributed by atoms with E-state index in [0.29, 0.717) is 12.1 Å². The van der Waals surface area contributed by atoms with Gasteiger partial charge >= 0.3 is 5.97 Å². The van der Waals surface area contributed by atoms with Crippen molar-refractivity contribution < 1.29 is 9.53 Å². The van der Waals surface area contributed by atoms with Crippen LogP contribution in [0.3, 0.4) is 0 Å². The third kappa shape index (κ3) is 1.84. The molecule has 0 aliphatic rings. The summed E-state index contributed by atoms with van der Waals surface area (Å²) in [6.45, 7) is 4.58. The van der Waals surface area contributed by atoms with Gasteiger partial charge < -0.3 is 4.74 Å². The molecule has 0 aliphatic carbocycles. The van der Waals surface area contributed by atoms with E-state index in [1.807, 2.05) is 6.92 Å². The molecular formula is C12H14N2O3. The van der Waals surface area contributed by atoms with Crippen molar-refractivity contribution in [1.29, 1.82) is 0 Å². The average molecular weight is 234 g/mol. The van der Waals surface area contributed by atoms with Gasteiger partial charge in [-0.1, -0.05) is 0 Å². The lowest BCUT2D eigenvalue weighted by Crippen LogP contribution is -2.23. The first-order valence-corrected chi connectivity index (χ1v) is 5.57. The normalized spacial score (nSPS) is 10.7. The highest BCUT2D eigenvalue weighted by Gasteiger charge is 2.15. The Bertz CT molecular complexity index is 610. The van der Waals surface area contributed by atoms with E-state index in [4.69, 9.17) is 4.74 Å². The third-order valence-corrected chi connectivity index (χ3v) is 2.58. The van der Waals surface area contributed by atoms with Gasteiger partial charge in [0.05, 0.1) is 6.61 Å². The number of hydrogen-bond donors (Lipinski definition) is 0. The molecule has 2 aromatic heterocycles. The van der Waals surface area contributed by atoms with Crippen molar-refractivity contribution in [3.8, 4) is 0 Å². The number of fused-ring (bicyclic) bond motifs is 1. The highest BCUT2D eigenvalue weighted by Crippen LogP contribution is 2.04. The summed E-state index contributed by atoms with van der Waals surface area (Å²) in [5.74, 6) is -0.566. The first-order chi connectivity index (χ1) is 8.19. The fourth-order valence-electron chi connectivity index (χ4n) is 1.78. The van der Waals surface area contributed by atoms with Gasteiger partial charge in [0.25, 0.3) is 0 Å². The SMILES string of the molecule is CCOC(=O)c1cn(CC)n2cccc2c1=O. The lowest BCUT2D eigenvalue weighted by Gasteiger charge is -2.10. The van der Waals surface area contributed by atoms with E-state index in [-0.39, 0.29) is 17.6 Å². The monoisotopic (exact) mass is 234 g/mol. The lowest BCUT2D eigenvalue weighted by atomic mass is 10.2. The summed E-state index contributed by atoms with van der Waals surface area (Å²) in [7, 11) is 0. The molecule has 0 saturated carbocycles. The fourth-order valence-corrected chi connectivity index (χ4v) is 1.78. The van der Waals surface area contributed by atoms with Gasteiger partial charge in [0.15, 0.2) is 0 Å². The molecule has 2 heterocycles. The zero-order chi connectivity index (χ0) is 12.4. The predicted octanol–water partition coefficient (Wildman–Crippen LogP) is 1.30. The van der Waals surface area contributed by atoms with Gasteiger partial charge in [0.1, 0.15) is 11.1 Å². The highest BCUT2D eigenvalue weighted by atomic mass is 16.5. The molecule has 0 saturated heterocycles. The smallest absolute Gasteiger partial charge is 0.343 e. The van der Waals surface area contributed by atoms with Crippen LogP contribution < -0.4 is 5.43 Å². The molecule has 17 heavy (non-hydrogen) atoms. The molecule has 0 bridgehead atoms. The molecule has 0 radical (unpaired) electrons. The van der Waals surface area contributed by atoms with Gasteiger partial charge in [-0.05, 0) is 26.0 Å². The van der Waals surface area contributed by atoms with Gasteiger partial charge in [-0.25, -0.2) is 4.79 Å². The summed E-state index contributed by atoms with van der Waals surface area (Å²) in [5, 5.41) is 0. The van der Waals surface area contributed by atoms with E-state index in [9.17, 15) is 9.59 Å². The zero-order valence-electron chi connectivity index (χ0n) is 9.84. The van der Waals surface area contributed by atoms with Gasteiger partial charge in [-0.2, -0.15) is 0 Å². The summed E-state index contributed by atoms with van der Waals surface area (Å²) in [6, 6.07) is 3.47. The van der Waals surface area contributed by atoms with Crippen molar-refractivity contribution in [3.05, 3.63) is 40.3 Å². The summed E-state index contributed by atoms with van der Waals surface area (Å²) in [4.78, 5) is 23.7. The minimum Gasteiger partial charge on any atom is -0.462 e. The quantitative estimate of drug-likeness (QED) is 0.752. The van der Waals surface area contributed by atoms with Crippen LogP contribution in [-0.4, -0.2) is 21.8 Å². The van der Waals surface area contributed by atoms with Crippen molar-refractivity contribution >= 4 is 11.5 Å². The molecular weight excluding hydrogens is 220 g/mol.